The Bertz CT molecular complexity index is 847. The molecular formula is C17H12FNO3S. The lowest BCUT2D eigenvalue weighted by Crippen LogP contribution is -1.96. The lowest BCUT2D eigenvalue weighted by molar-refractivity contribution is 0.0691. The van der Waals surface area contributed by atoms with Gasteiger partial charge in [-0.2, -0.15) is 0 Å². The Hall–Kier alpha value is -2.73. The Morgan fingerprint density at radius 2 is 2.04 bits per heavy atom. The second kappa shape index (κ2) is 6.58. The zero-order valence-electron chi connectivity index (χ0n) is 11.9. The third-order valence-corrected chi connectivity index (χ3v) is 3.99. The second-order valence-electron chi connectivity index (χ2n) is 4.79. The first-order chi connectivity index (χ1) is 11.1. The Labute approximate surface area is 135 Å². The third-order valence-electron chi connectivity index (χ3n) is 3.10. The van der Waals surface area contributed by atoms with Crippen molar-refractivity contribution in [3.05, 3.63) is 71.0 Å². The first-order valence-electron chi connectivity index (χ1n) is 6.78. The molecule has 0 spiro atoms. The molecule has 3 rings (SSSR count). The van der Waals surface area contributed by atoms with Crippen molar-refractivity contribution < 1.29 is 19.0 Å². The molecule has 1 aromatic heterocycles. The van der Waals surface area contributed by atoms with Crippen LogP contribution in [-0.2, 0) is 6.61 Å². The fraction of sp³-hybridized carbons (Fsp3) is 0.0588. The summed E-state index contributed by atoms with van der Waals surface area (Å²) in [5, 5.41) is 11.0. The highest BCUT2D eigenvalue weighted by Crippen LogP contribution is 2.27. The van der Waals surface area contributed by atoms with Crippen LogP contribution >= 0.6 is 11.3 Å². The lowest BCUT2D eigenvalue weighted by atomic mass is 10.2. The molecule has 1 heterocycles. The van der Waals surface area contributed by atoms with E-state index in [4.69, 9.17) is 9.84 Å². The molecule has 2 aromatic carbocycles. The molecule has 6 heteroatoms. The fourth-order valence-electron chi connectivity index (χ4n) is 2.02. The van der Waals surface area contributed by atoms with Crippen molar-refractivity contribution in [2.45, 2.75) is 6.61 Å². The van der Waals surface area contributed by atoms with Gasteiger partial charge in [-0.05, 0) is 29.8 Å². The van der Waals surface area contributed by atoms with Gasteiger partial charge in [-0.1, -0.05) is 24.3 Å². The van der Waals surface area contributed by atoms with Crippen molar-refractivity contribution in [2.24, 2.45) is 0 Å². The minimum atomic E-state index is -1.05. The van der Waals surface area contributed by atoms with Crippen molar-refractivity contribution in [3.8, 4) is 16.3 Å². The first kappa shape index (κ1) is 15.2. The van der Waals surface area contributed by atoms with Crippen LogP contribution in [0.3, 0.4) is 0 Å². The Morgan fingerprint density at radius 3 is 2.78 bits per heavy atom. The van der Waals surface area contributed by atoms with E-state index in [1.807, 2.05) is 6.07 Å². The molecule has 0 unspecified atom stereocenters. The van der Waals surface area contributed by atoms with Gasteiger partial charge in [0.05, 0.1) is 0 Å². The number of carboxylic acid groups (broad SMARTS) is 1. The summed E-state index contributed by atoms with van der Waals surface area (Å²) in [6.45, 7) is 0.249. The van der Waals surface area contributed by atoms with E-state index in [-0.39, 0.29) is 18.1 Å². The molecule has 0 bridgehead atoms. The lowest BCUT2D eigenvalue weighted by Gasteiger charge is -2.07. The summed E-state index contributed by atoms with van der Waals surface area (Å²) < 4.78 is 18.8. The Balaban J connectivity index is 1.75. The van der Waals surface area contributed by atoms with Gasteiger partial charge in [-0.25, -0.2) is 14.2 Å². The molecule has 0 atom stereocenters. The highest BCUT2D eigenvalue weighted by molar-refractivity contribution is 7.13. The summed E-state index contributed by atoms with van der Waals surface area (Å²) in [6, 6.07) is 13.4. The standard InChI is InChI=1S/C17H12FNO3S/c18-13-5-1-3-11(7-13)9-22-14-6-2-4-12(8-14)16-19-15(10-23-16)17(20)21/h1-8,10H,9H2,(H,20,21). The second-order valence-corrected chi connectivity index (χ2v) is 5.65. The SMILES string of the molecule is O=C(O)c1csc(-c2cccc(OCc3cccc(F)c3)c2)n1. The number of thiazole rings is 1. The largest absolute Gasteiger partial charge is 0.489 e. The number of rotatable bonds is 5. The minimum Gasteiger partial charge on any atom is -0.489 e. The molecule has 0 fully saturated rings. The Kier molecular flexibility index (Phi) is 4.34. The van der Waals surface area contributed by atoms with Crippen molar-refractivity contribution >= 4 is 17.3 Å². The van der Waals surface area contributed by atoms with Gasteiger partial charge in [0.25, 0.3) is 0 Å². The summed E-state index contributed by atoms with van der Waals surface area (Å²) in [6.07, 6.45) is 0. The number of hydrogen-bond donors (Lipinski definition) is 1. The average Bonchev–Trinajstić information content (AvgIpc) is 3.04. The quantitative estimate of drug-likeness (QED) is 0.761. The van der Waals surface area contributed by atoms with E-state index >= 15 is 0 Å². The summed E-state index contributed by atoms with van der Waals surface area (Å²) in [5.41, 5.74) is 1.54. The number of halogens is 1. The third kappa shape index (κ3) is 3.73. The van der Waals surface area contributed by atoms with Gasteiger partial charge in [0, 0.05) is 10.9 Å². The van der Waals surface area contributed by atoms with Crippen LogP contribution in [0.5, 0.6) is 5.75 Å². The zero-order chi connectivity index (χ0) is 16.2. The van der Waals surface area contributed by atoms with Gasteiger partial charge in [0.2, 0.25) is 0 Å². The smallest absolute Gasteiger partial charge is 0.355 e. The van der Waals surface area contributed by atoms with Gasteiger partial charge >= 0.3 is 5.97 Å². The van der Waals surface area contributed by atoms with E-state index in [9.17, 15) is 9.18 Å². The Morgan fingerprint density at radius 1 is 1.22 bits per heavy atom. The summed E-state index contributed by atoms with van der Waals surface area (Å²) in [5.74, 6) is -0.742. The minimum absolute atomic E-state index is 0.0242. The maximum absolute atomic E-state index is 13.1. The van der Waals surface area contributed by atoms with Crippen LogP contribution in [0, 0.1) is 5.82 Å². The highest BCUT2D eigenvalue weighted by Gasteiger charge is 2.10. The van der Waals surface area contributed by atoms with E-state index in [1.54, 1.807) is 30.3 Å². The number of aromatic carboxylic acids is 1. The van der Waals surface area contributed by atoms with Crippen LogP contribution in [0.15, 0.2) is 53.9 Å². The van der Waals surface area contributed by atoms with Crippen LogP contribution in [0.4, 0.5) is 4.39 Å². The number of hydrogen-bond acceptors (Lipinski definition) is 4. The molecule has 0 aliphatic heterocycles. The molecule has 23 heavy (non-hydrogen) atoms. The molecular weight excluding hydrogens is 317 g/mol. The molecule has 0 saturated heterocycles. The average molecular weight is 329 g/mol. The maximum atomic E-state index is 13.1. The summed E-state index contributed by atoms with van der Waals surface area (Å²) >= 11 is 1.26. The predicted molar refractivity (Wildman–Crippen MR) is 85.2 cm³/mol. The maximum Gasteiger partial charge on any atom is 0.355 e. The van der Waals surface area contributed by atoms with Crippen molar-refractivity contribution in [1.82, 2.24) is 4.98 Å². The number of carbonyl (C=O) groups is 1. The molecule has 1 N–H and O–H groups in total. The van der Waals surface area contributed by atoms with Crippen LogP contribution in [0.25, 0.3) is 10.6 Å². The van der Waals surface area contributed by atoms with Gasteiger partial charge in [0.15, 0.2) is 5.69 Å². The molecule has 4 nitrogen and oxygen atoms in total. The monoisotopic (exact) mass is 329 g/mol. The van der Waals surface area contributed by atoms with Crippen LogP contribution in [-0.4, -0.2) is 16.1 Å². The van der Waals surface area contributed by atoms with E-state index in [1.165, 1.54) is 28.8 Å². The number of benzene rings is 2. The van der Waals surface area contributed by atoms with E-state index in [0.717, 1.165) is 11.1 Å². The van der Waals surface area contributed by atoms with Gasteiger partial charge in [-0.15, -0.1) is 11.3 Å². The molecule has 0 saturated carbocycles. The number of nitrogens with zero attached hydrogens (tertiary/aromatic N) is 1. The fourth-order valence-corrected chi connectivity index (χ4v) is 2.81. The first-order valence-corrected chi connectivity index (χ1v) is 7.66. The molecule has 0 radical (unpaired) electrons. The van der Waals surface area contributed by atoms with Gasteiger partial charge in [-0.3, -0.25) is 0 Å². The molecule has 3 aromatic rings. The predicted octanol–water partition coefficient (Wildman–Crippen LogP) is 4.23. The van der Waals surface area contributed by atoms with Crippen LogP contribution in [0.2, 0.25) is 0 Å². The number of carboxylic acids is 1. The topological polar surface area (TPSA) is 59.4 Å². The zero-order valence-corrected chi connectivity index (χ0v) is 12.7. The molecule has 0 amide bonds. The van der Waals surface area contributed by atoms with E-state index in [0.29, 0.717) is 10.8 Å². The van der Waals surface area contributed by atoms with Crippen LogP contribution in [0.1, 0.15) is 16.1 Å². The summed E-state index contributed by atoms with van der Waals surface area (Å²) in [4.78, 5) is 15.0. The van der Waals surface area contributed by atoms with Crippen molar-refractivity contribution in [3.63, 3.8) is 0 Å². The number of ether oxygens (including phenoxy) is 1. The number of aromatic nitrogens is 1. The van der Waals surface area contributed by atoms with E-state index < -0.39 is 5.97 Å². The highest BCUT2D eigenvalue weighted by atomic mass is 32.1. The normalized spacial score (nSPS) is 10.5. The van der Waals surface area contributed by atoms with Gasteiger partial charge < -0.3 is 9.84 Å². The van der Waals surface area contributed by atoms with Crippen molar-refractivity contribution in [2.75, 3.05) is 0 Å². The molecule has 0 aliphatic rings. The van der Waals surface area contributed by atoms with E-state index in [2.05, 4.69) is 4.98 Å². The molecule has 0 aliphatic carbocycles. The molecule has 116 valence electrons. The van der Waals surface area contributed by atoms with Crippen LogP contribution < -0.4 is 4.74 Å². The van der Waals surface area contributed by atoms with Crippen molar-refractivity contribution in [1.29, 1.82) is 0 Å². The van der Waals surface area contributed by atoms with Gasteiger partial charge in [0.1, 0.15) is 23.2 Å². The summed E-state index contributed by atoms with van der Waals surface area (Å²) in [7, 11) is 0.